The van der Waals surface area contributed by atoms with Crippen molar-refractivity contribution in [3.63, 3.8) is 0 Å². The minimum atomic E-state index is 0.401. The van der Waals surface area contributed by atoms with E-state index in [0.717, 1.165) is 27.7 Å². The maximum Gasteiger partial charge on any atom is 0.216 e. The summed E-state index contributed by atoms with van der Waals surface area (Å²) in [4.78, 5) is 3.37. The molecule has 4 rings (SSSR count). The van der Waals surface area contributed by atoms with E-state index in [9.17, 15) is 0 Å². The van der Waals surface area contributed by atoms with Crippen molar-refractivity contribution < 1.29 is 9.47 Å². The first-order valence-electron chi connectivity index (χ1n) is 8.64. The number of hydrogen-bond donors (Lipinski definition) is 2. The van der Waals surface area contributed by atoms with Gasteiger partial charge in [0.1, 0.15) is 0 Å². The number of nitrogens with one attached hydrogen (secondary N) is 2. The number of ether oxygens (including phenoxy) is 2. The molecular weight excluding hydrogens is 374 g/mol. The summed E-state index contributed by atoms with van der Waals surface area (Å²) in [5.74, 6) is 1.83. The highest BCUT2D eigenvalue weighted by atomic mass is 32.1. The molecule has 0 unspecified atom stereocenters. The second-order valence-corrected chi connectivity index (χ2v) is 6.57. The molecule has 8 heteroatoms. The molecule has 0 aliphatic carbocycles. The number of H-pyrrole nitrogens is 2. The Bertz CT molecular complexity index is 1240. The van der Waals surface area contributed by atoms with E-state index >= 15 is 0 Å². The Kier molecular flexibility index (Phi) is 4.70. The molecular formula is C20H19N5O2S. The Hall–Kier alpha value is -3.39. The molecule has 4 aromatic rings. The molecule has 0 fully saturated rings. The van der Waals surface area contributed by atoms with Crippen LogP contribution >= 0.6 is 12.2 Å². The van der Waals surface area contributed by atoms with Gasteiger partial charge in [0.25, 0.3) is 0 Å². The average Bonchev–Trinajstić information content (AvgIpc) is 3.24. The first-order valence-corrected chi connectivity index (χ1v) is 9.04. The molecule has 2 aromatic carbocycles. The number of aryl methyl sites for hydroxylation is 1. The summed E-state index contributed by atoms with van der Waals surface area (Å²) in [5, 5.41) is 12.8. The second kappa shape index (κ2) is 7.32. The summed E-state index contributed by atoms with van der Waals surface area (Å²) in [6.45, 7) is 2.02. The minimum absolute atomic E-state index is 0.401. The van der Waals surface area contributed by atoms with Crippen LogP contribution in [0.5, 0.6) is 11.5 Å². The fraction of sp³-hybridized carbons (Fsp3) is 0.150. The van der Waals surface area contributed by atoms with Crippen molar-refractivity contribution >= 4 is 29.3 Å². The van der Waals surface area contributed by atoms with Crippen LogP contribution in [0.4, 0.5) is 0 Å². The number of aromatic amines is 2. The smallest absolute Gasteiger partial charge is 0.216 e. The van der Waals surface area contributed by atoms with Crippen LogP contribution in [0, 0.1) is 11.7 Å². The zero-order valence-corrected chi connectivity index (χ0v) is 16.5. The minimum Gasteiger partial charge on any atom is -0.493 e. The third kappa shape index (κ3) is 3.07. The lowest BCUT2D eigenvalue weighted by Gasteiger charge is -2.09. The normalized spacial score (nSPS) is 11.4. The average molecular weight is 393 g/mol. The molecule has 0 saturated heterocycles. The van der Waals surface area contributed by atoms with E-state index in [-0.39, 0.29) is 0 Å². The molecule has 0 amide bonds. The van der Waals surface area contributed by atoms with Gasteiger partial charge in [0.2, 0.25) is 4.77 Å². The van der Waals surface area contributed by atoms with Crippen molar-refractivity contribution in [2.45, 2.75) is 6.92 Å². The van der Waals surface area contributed by atoms with Gasteiger partial charge >= 0.3 is 0 Å². The van der Waals surface area contributed by atoms with Crippen molar-refractivity contribution in [2.24, 2.45) is 5.10 Å². The summed E-state index contributed by atoms with van der Waals surface area (Å²) in [6.07, 6.45) is 1.80. The molecule has 0 bridgehead atoms. The Morgan fingerprint density at radius 3 is 2.68 bits per heavy atom. The van der Waals surface area contributed by atoms with Gasteiger partial charge in [-0.2, -0.15) is 14.9 Å². The van der Waals surface area contributed by atoms with Gasteiger partial charge in [0, 0.05) is 27.7 Å². The van der Waals surface area contributed by atoms with E-state index in [1.54, 1.807) is 25.1 Å². The number of benzene rings is 2. The van der Waals surface area contributed by atoms with E-state index in [0.29, 0.717) is 22.1 Å². The third-order valence-electron chi connectivity index (χ3n) is 4.54. The van der Waals surface area contributed by atoms with Crippen LogP contribution in [0.3, 0.4) is 0 Å². The zero-order chi connectivity index (χ0) is 19.7. The predicted octanol–water partition coefficient (Wildman–Crippen LogP) is 4.30. The number of aromatic nitrogens is 4. The standard InChI is InChI=1S/C20H19N5O2S/c1-12-15(14-6-4-5-7-16(14)22-12)11-21-25-19(23-24-20(25)28)13-8-9-17(26-2)18(10-13)27-3/h4-11,22H,1-3H3,(H,24,28)/b21-11+. The lowest BCUT2D eigenvalue weighted by Crippen LogP contribution is -1.97. The molecule has 2 N–H and O–H groups in total. The summed E-state index contributed by atoms with van der Waals surface area (Å²) in [7, 11) is 3.19. The van der Waals surface area contributed by atoms with E-state index in [1.165, 1.54) is 0 Å². The second-order valence-electron chi connectivity index (χ2n) is 6.19. The van der Waals surface area contributed by atoms with Gasteiger partial charge in [-0.1, -0.05) is 18.2 Å². The van der Waals surface area contributed by atoms with Crippen LogP contribution in [0.15, 0.2) is 47.6 Å². The Morgan fingerprint density at radius 1 is 1.11 bits per heavy atom. The van der Waals surface area contributed by atoms with Gasteiger partial charge in [0.15, 0.2) is 17.3 Å². The predicted molar refractivity (Wildman–Crippen MR) is 112 cm³/mol. The lowest BCUT2D eigenvalue weighted by atomic mass is 10.1. The topological polar surface area (TPSA) is 80.2 Å². The van der Waals surface area contributed by atoms with Gasteiger partial charge in [-0.15, -0.1) is 0 Å². The SMILES string of the molecule is COc1ccc(-c2n[nH]c(=S)n2/N=C/c2c(C)[nH]c3ccccc23)cc1OC. The van der Waals surface area contributed by atoms with Crippen LogP contribution < -0.4 is 9.47 Å². The van der Waals surface area contributed by atoms with Crippen molar-refractivity contribution in [1.82, 2.24) is 19.9 Å². The summed E-state index contributed by atoms with van der Waals surface area (Å²) < 4.78 is 12.7. The fourth-order valence-electron chi connectivity index (χ4n) is 3.14. The number of rotatable bonds is 5. The van der Waals surface area contributed by atoms with E-state index in [4.69, 9.17) is 21.7 Å². The highest BCUT2D eigenvalue weighted by Crippen LogP contribution is 2.31. The van der Waals surface area contributed by atoms with Gasteiger partial charge < -0.3 is 14.5 Å². The maximum absolute atomic E-state index is 5.39. The first-order chi connectivity index (χ1) is 13.6. The van der Waals surface area contributed by atoms with E-state index < -0.39 is 0 Å². The van der Waals surface area contributed by atoms with Gasteiger partial charge in [-0.05, 0) is 43.4 Å². The van der Waals surface area contributed by atoms with Crippen molar-refractivity contribution in [1.29, 1.82) is 0 Å². The molecule has 2 aromatic heterocycles. The molecule has 28 heavy (non-hydrogen) atoms. The van der Waals surface area contributed by atoms with Crippen LogP contribution in [0.25, 0.3) is 22.3 Å². The molecule has 0 spiro atoms. The van der Waals surface area contributed by atoms with Crippen LogP contribution in [-0.2, 0) is 0 Å². The number of para-hydroxylation sites is 1. The van der Waals surface area contributed by atoms with E-state index in [1.807, 2.05) is 43.3 Å². The lowest BCUT2D eigenvalue weighted by molar-refractivity contribution is 0.355. The largest absolute Gasteiger partial charge is 0.493 e. The van der Waals surface area contributed by atoms with Gasteiger partial charge in [-0.3, -0.25) is 0 Å². The Morgan fingerprint density at radius 2 is 1.89 bits per heavy atom. The number of nitrogens with zero attached hydrogens (tertiary/aromatic N) is 3. The van der Waals surface area contributed by atoms with Crippen molar-refractivity contribution in [3.05, 3.63) is 58.5 Å². The monoisotopic (exact) mass is 393 g/mol. The molecule has 0 saturated carbocycles. The quantitative estimate of drug-likeness (QED) is 0.391. The summed E-state index contributed by atoms with van der Waals surface area (Å²) in [6, 6.07) is 13.7. The summed E-state index contributed by atoms with van der Waals surface area (Å²) >= 11 is 5.37. The molecule has 7 nitrogen and oxygen atoms in total. The van der Waals surface area contributed by atoms with Gasteiger partial charge in [0.05, 0.1) is 20.4 Å². The molecule has 0 aliphatic rings. The molecule has 2 heterocycles. The molecule has 0 radical (unpaired) electrons. The number of fused-ring (bicyclic) bond motifs is 1. The van der Waals surface area contributed by atoms with Crippen molar-refractivity contribution in [3.8, 4) is 22.9 Å². The van der Waals surface area contributed by atoms with Crippen LogP contribution in [0.1, 0.15) is 11.3 Å². The summed E-state index contributed by atoms with van der Waals surface area (Å²) in [5.41, 5.74) is 3.92. The first kappa shape index (κ1) is 18.0. The van der Waals surface area contributed by atoms with Crippen LogP contribution in [-0.4, -0.2) is 40.3 Å². The fourth-order valence-corrected chi connectivity index (χ4v) is 3.32. The molecule has 0 atom stereocenters. The Labute approximate surface area is 166 Å². The number of methoxy groups -OCH3 is 2. The number of hydrogen-bond acceptors (Lipinski definition) is 5. The molecule has 142 valence electrons. The molecule has 0 aliphatic heterocycles. The highest BCUT2D eigenvalue weighted by Gasteiger charge is 2.13. The van der Waals surface area contributed by atoms with E-state index in [2.05, 4.69) is 26.3 Å². The zero-order valence-electron chi connectivity index (χ0n) is 15.7. The van der Waals surface area contributed by atoms with Crippen molar-refractivity contribution in [2.75, 3.05) is 14.2 Å². The highest BCUT2D eigenvalue weighted by molar-refractivity contribution is 7.71. The third-order valence-corrected chi connectivity index (χ3v) is 4.80. The van der Waals surface area contributed by atoms with Crippen LogP contribution in [0.2, 0.25) is 0 Å². The Balaban J connectivity index is 1.78. The van der Waals surface area contributed by atoms with Gasteiger partial charge in [-0.25, -0.2) is 5.10 Å². The maximum atomic E-state index is 5.39.